The Hall–Kier alpha value is -2.37. The molecule has 0 spiro atoms. The van der Waals surface area contributed by atoms with Crippen LogP contribution in [0, 0.1) is 0 Å². The van der Waals surface area contributed by atoms with Crippen molar-refractivity contribution in [1.29, 1.82) is 0 Å². The summed E-state index contributed by atoms with van der Waals surface area (Å²) in [5.41, 5.74) is 7.14. The summed E-state index contributed by atoms with van der Waals surface area (Å²) in [7, 11) is 0. The summed E-state index contributed by atoms with van der Waals surface area (Å²) in [4.78, 5) is 22.8. The van der Waals surface area contributed by atoms with Crippen molar-refractivity contribution in [2.45, 2.75) is 18.9 Å². The Kier molecular flexibility index (Phi) is 2.29. The highest BCUT2D eigenvalue weighted by molar-refractivity contribution is 5.99. The maximum atomic E-state index is 11.7. The Morgan fingerprint density at radius 3 is 3.00 bits per heavy atom. The van der Waals surface area contributed by atoms with Crippen LogP contribution in [0.1, 0.15) is 18.9 Å². The molecule has 18 heavy (non-hydrogen) atoms. The highest BCUT2D eigenvalue weighted by Crippen LogP contribution is 2.22. The van der Waals surface area contributed by atoms with Gasteiger partial charge in [-0.25, -0.2) is 0 Å². The quantitative estimate of drug-likeness (QED) is 0.567. The molecule has 3 rings (SSSR count). The number of hydrogen-bond acceptors (Lipinski definition) is 4. The summed E-state index contributed by atoms with van der Waals surface area (Å²) in [5.74, 6) is -0.524. The van der Waals surface area contributed by atoms with E-state index in [4.69, 9.17) is 5.73 Å². The Balaban J connectivity index is 1.99. The van der Waals surface area contributed by atoms with Crippen LogP contribution in [0.5, 0.6) is 0 Å². The number of carbonyl (C=O) groups excluding carboxylic acids is 2. The zero-order valence-corrected chi connectivity index (χ0v) is 9.59. The van der Waals surface area contributed by atoms with Gasteiger partial charge in [0.25, 0.3) is 5.91 Å². The Bertz CT molecular complexity index is 647. The lowest BCUT2D eigenvalue weighted by Gasteiger charge is -2.20. The number of carbonyl (C=O) groups is 2. The van der Waals surface area contributed by atoms with Crippen molar-refractivity contribution in [3.05, 3.63) is 24.4 Å². The number of piperidine rings is 1. The summed E-state index contributed by atoms with van der Waals surface area (Å²) in [6.45, 7) is 0. The molecule has 92 valence electrons. The molecule has 6 nitrogen and oxygen atoms in total. The third-order valence-electron chi connectivity index (χ3n) is 3.08. The minimum absolute atomic E-state index is 0.225. The van der Waals surface area contributed by atoms with Crippen LogP contribution in [0.4, 0.5) is 5.69 Å². The van der Waals surface area contributed by atoms with E-state index in [0.29, 0.717) is 18.5 Å². The van der Waals surface area contributed by atoms with Gasteiger partial charge in [-0.2, -0.15) is 5.10 Å². The number of fused-ring (bicyclic) bond motifs is 1. The van der Waals surface area contributed by atoms with E-state index in [0.717, 1.165) is 10.9 Å². The second-order valence-corrected chi connectivity index (χ2v) is 4.39. The first-order chi connectivity index (χ1) is 8.63. The summed E-state index contributed by atoms with van der Waals surface area (Å²) in [5, 5.41) is 7.55. The van der Waals surface area contributed by atoms with Crippen LogP contribution in [-0.2, 0) is 9.59 Å². The SMILES string of the molecule is Nc1ccc2nn(C3CCC(=O)NC3=O)cc2c1. The van der Waals surface area contributed by atoms with E-state index >= 15 is 0 Å². The minimum Gasteiger partial charge on any atom is -0.399 e. The fourth-order valence-electron chi connectivity index (χ4n) is 2.16. The molecular formula is C12H12N4O2. The standard InChI is InChI=1S/C12H12N4O2/c13-8-1-2-9-7(5-8)6-16(15-9)10-3-4-11(17)14-12(10)18/h1-2,5-6,10H,3-4,13H2,(H,14,17,18). The first-order valence-corrected chi connectivity index (χ1v) is 5.71. The van der Waals surface area contributed by atoms with Crippen molar-refractivity contribution >= 4 is 28.4 Å². The molecule has 3 N–H and O–H groups in total. The maximum Gasteiger partial charge on any atom is 0.251 e. The fraction of sp³-hybridized carbons (Fsp3) is 0.250. The van der Waals surface area contributed by atoms with Gasteiger partial charge in [-0.3, -0.25) is 19.6 Å². The van der Waals surface area contributed by atoms with Gasteiger partial charge >= 0.3 is 0 Å². The monoisotopic (exact) mass is 244 g/mol. The van der Waals surface area contributed by atoms with Crippen molar-refractivity contribution in [1.82, 2.24) is 15.1 Å². The molecule has 0 aliphatic carbocycles. The van der Waals surface area contributed by atoms with E-state index < -0.39 is 6.04 Å². The van der Waals surface area contributed by atoms with E-state index in [1.807, 2.05) is 12.1 Å². The Labute approximate surface area is 103 Å². The number of rotatable bonds is 1. The van der Waals surface area contributed by atoms with Gasteiger partial charge < -0.3 is 5.73 Å². The van der Waals surface area contributed by atoms with Crippen LogP contribution in [0.15, 0.2) is 24.4 Å². The second-order valence-electron chi connectivity index (χ2n) is 4.39. The highest BCUT2D eigenvalue weighted by Gasteiger charge is 2.28. The Morgan fingerprint density at radius 1 is 1.39 bits per heavy atom. The number of benzene rings is 1. The van der Waals surface area contributed by atoms with E-state index in [9.17, 15) is 9.59 Å². The number of amides is 2. The van der Waals surface area contributed by atoms with Gasteiger partial charge in [0.05, 0.1) is 5.52 Å². The molecule has 2 amide bonds. The number of nitrogens with zero attached hydrogens (tertiary/aromatic N) is 2. The van der Waals surface area contributed by atoms with Crippen molar-refractivity contribution in [2.75, 3.05) is 5.73 Å². The largest absolute Gasteiger partial charge is 0.399 e. The summed E-state index contributed by atoms with van der Waals surface area (Å²) < 4.78 is 1.60. The van der Waals surface area contributed by atoms with Crippen LogP contribution in [0.2, 0.25) is 0 Å². The normalized spacial score (nSPS) is 20.1. The molecule has 1 aromatic carbocycles. The van der Waals surface area contributed by atoms with Crippen LogP contribution < -0.4 is 11.1 Å². The van der Waals surface area contributed by atoms with Gasteiger partial charge in [0.15, 0.2) is 0 Å². The lowest BCUT2D eigenvalue weighted by atomic mass is 10.1. The molecule has 1 atom stereocenters. The highest BCUT2D eigenvalue weighted by atomic mass is 16.2. The molecule has 0 bridgehead atoms. The summed E-state index contributed by atoms with van der Waals surface area (Å²) in [6.07, 6.45) is 2.61. The molecule has 0 saturated carbocycles. The first kappa shape index (κ1) is 10.8. The van der Waals surface area contributed by atoms with Gasteiger partial charge in [-0.15, -0.1) is 0 Å². The van der Waals surface area contributed by atoms with Crippen LogP contribution in [0.25, 0.3) is 10.9 Å². The molecule has 1 aliphatic rings. The van der Waals surface area contributed by atoms with Gasteiger partial charge in [0, 0.05) is 23.7 Å². The smallest absolute Gasteiger partial charge is 0.251 e. The van der Waals surface area contributed by atoms with Crippen LogP contribution >= 0.6 is 0 Å². The molecule has 1 fully saturated rings. The molecule has 1 saturated heterocycles. The Morgan fingerprint density at radius 2 is 2.22 bits per heavy atom. The number of nitrogens with two attached hydrogens (primary N) is 1. The lowest BCUT2D eigenvalue weighted by molar-refractivity contribution is -0.135. The van der Waals surface area contributed by atoms with Crippen LogP contribution in [0.3, 0.4) is 0 Å². The predicted octanol–water partition coefficient (Wildman–Crippen LogP) is 0.596. The number of nitrogen functional groups attached to an aromatic ring is 1. The van der Waals surface area contributed by atoms with E-state index in [-0.39, 0.29) is 11.8 Å². The maximum absolute atomic E-state index is 11.7. The van der Waals surface area contributed by atoms with E-state index in [1.54, 1.807) is 16.9 Å². The van der Waals surface area contributed by atoms with E-state index in [1.165, 1.54) is 0 Å². The molecule has 2 heterocycles. The minimum atomic E-state index is -0.420. The number of imide groups is 1. The summed E-state index contributed by atoms with van der Waals surface area (Å²) in [6, 6.07) is 4.97. The molecular weight excluding hydrogens is 232 g/mol. The third kappa shape index (κ3) is 1.71. The lowest BCUT2D eigenvalue weighted by Crippen LogP contribution is -2.41. The molecule has 2 aromatic rings. The number of anilines is 1. The van der Waals surface area contributed by atoms with E-state index in [2.05, 4.69) is 10.4 Å². The summed E-state index contributed by atoms with van der Waals surface area (Å²) >= 11 is 0. The molecule has 1 aliphatic heterocycles. The molecule has 1 unspecified atom stereocenters. The number of nitrogens with one attached hydrogen (secondary N) is 1. The molecule has 1 aromatic heterocycles. The number of hydrogen-bond donors (Lipinski definition) is 2. The average Bonchev–Trinajstić information content (AvgIpc) is 2.71. The average molecular weight is 244 g/mol. The molecule has 6 heteroatoms. The van der Waals surface area contributed by atoms with Gasteiger partial charge in [-0.05, 0) is 24.6 Å². The second kappa shape index (κ2) is 3.83. The topological polar surface area (TPSA) is 90.0 Å². The van der Waals surface area contributed by atoms with Crippen molar-refractivity contribution in [2.24, 2.45) is 0 Å². The van der Waals surface area contributed by atoms with Crippen LogP contribution in [-0.4, -0.2) is 21.6 Å². The zero-order valence-electron chi connectivity index (χ0n) is 9.59. The van der Waals surface area contributed by atoms with Crippen molar-refractivity contribution in [3.63, 3.8) is 0 Å². The molecule has 0 radical (unpaired) electrons. The van der Waals surface area contributed by atoms with Crippen molar-refractivity contribution < 1.29 is 9.59 Å². The van der Waals surface area contributed by atoms with Gasteiger partial charge in [-0.1, -0.05) is 0 Å². The van der Waals surface area contributed by atoms with Gasteiger partial charge in [0.1, 0.15) is 6.04 Å². The zero-order chi connectivity index (χ0) is 12.7. The third-order valence-corrected chi connectivity index (χ3v) is 3.08. The first-order valence-electron chi connectivity index (χ1n) is 5.71. The van der Waals surface area contributed by atoms with Gasteiger partial charge in [0.2, 0.25) is 5.91 Å². The number of aromatic nitrogens is 2. The van der Waals surface area contributed by atoms with Crippen molar-refractivity contribution in [3.8, 4) is 0 Å². The predicted molar refractivity (Wildman–Crippen MR) is 65.6 cm³/mol. The fourth-order valence-corrected chi connectivity index (χ4v) is 2.16.